The van der Waals surface area contributed by atoms with Crippen LogP contribution in [-0.2, 0) is 9.59 Å². The van der Waals surface area contributed by atoms with Gasteiger partial charge in [0, 0.05) is 6.07 Å². The van der Waals surface area contributed by atoms with Crippen LogP contribution in [0.15, 0.2) is 66.4 Å². The highest BCUT2D eigenvalue weighted by Gasteiger charge is 2.41. The quantitative estimate of drug-likeness (QED) is 0.543. The van der Waals surface area contributed by atoms with E-state index >= 15 is 0 Å². The molecule has 1 aliphatic rings. The number of rotatable bonds is 6. The number of carbonyl (C=O) groups is 2. The smallest absolute Gasteiger partial charge is 0.282 e. The van der Waals surface area contributed by atoms with Gasteiger partial charge in [-0.15, -0.1) is 0 Å². The van der Waals surface area contributed by atoms with Crippen molar-refractivity contribution in [3.8, 4) is 11.5 Å². The van der Waals surface area contributed by atoms with Gasteiger partial charge in [-0.3, -0.25) is 9.59 Å². The van der Waals surface area contributed by atoms with Crippen molar-refractivity contribution < 1.29 is 19.1 Å². The summed E-state index contributed by atoms with van der Waals surface area (Å²) in [5.41, 5.74) is 5.23. The highest BCUT2D eigenvalue weighted by atomic mass is 16.5. The first-order chi connectivity index (χ1) is 15.8. The minimum absolute atomic E-state index is 0.194. The molecule has 6 heteroatoms. The van der Waals surface area contributed by atoms with E-state index in [1.54, 1.807) is 38.5 Å². The zero-order valence-corrected chi connectivity index (χ0v) is 19.4. The van der Waals surface area contributed by atoms with Crippen molar-refractivity contribution in [2.24, 2.45) is 0 Å². The molecule has 4 rings (SSSR count). The summed E-state index contributed by atoms with van der Waals surface area (Å²) in [5, 5.41) is 3.18. The normalized spacial score (nSPS) is 13.5. The van der Waals surface area contributed by atoms with Crippen LogP contribution in [-0.4, -0.2) is 26.0 Å². The van der Waals surface area contributed by atoms with Crippen molar-refractivity contribution in [2.45, 2.75) is 20.8 Å². The van der Waals surface area contributed by atoms with Gasteiger partial charge in [0.15, 0.2) is 0 Å². The fraction of sp³-hybridized carbons (Fsp3) is 0.185. The zero-order chi connectivity index (χ0) is 23.7. The van der Waals surface area contributed by atoms with Gasteiger partial charge in [-0.25, -0.2) is 4.90 Å². The first-order valence-corrected chi connectivity index (χ1v) is 10.6. The average Bonchev–Trinajstić information content (AvgIpc) is 3.03. The van der Waals surface area contributed by atoms with E-state index < -0.39 is 5.91 Å². The standard InChI is InChI=1S/C27H26N2O4/c1-16-7-6-8-19(14-16)29-26(30)24(21-11-9-17(2)13-18(21)3)25(27(29)31)28-22-15-20(32-4)10-12-23(22)33-5/h6-15,28H,1-5H3. The van der Waals surface area contributed by atoms with Crippen molar-refractivity contribution in [1.82, 2.24) is 0 Å². The van der Waals surface area contributed by atoms with E-state index in [1.807, 2.05) is 57.2 Å². The second-order valence-electron chi connectivity index (χ2n) is 8.04. The fourth-order valence-electron chi connectivity index (χ4n) is 4.04. The number of benzene rings is 3. The molecule has 0 aliphatic carbocycles. The lowest BCUT2D eigenvalue weighted by atomic mass is 9.97. The van der Waals surface area contributed by atoms with Crippen LogP contribution in [0.2, 0.25) is 0 Å². The van der Waals surface area contributed by atoms with Gasteiger partial charge in [0.05, 0.1) is 31.2 Å². The molecule has 1 aliphatic heterocycles. The molecule has 3 aromatic carbocycles. The molecular weight excluding hydrogens is 416 g/mol. The molecule has 0 atom stereocenters. The maximum atomic E-state index is 13.7. The summed E-state index contributed by atoms with van der Waals surface area (Å²) >= 11 is 0. The summed E-state index contributed by atoms with van der Waals surface area (Å²) in [6.45, 7) is 5.85. The topological polar surface area (TPSA) is 67.9 Å². The van der Waals surface area contributed by atoms with Gasteiger partial charge in [-0.1, -0.05) is 35.9 Å². The Kier molecular flexibility index (Phi) is 5.92. The van der Waals surface area contributed by atoms with Crippen LogP contribution >= 0.6 is 0 Å². The third-order valence-corrected chi connectivity index (χ3v) is 5.66. The lowest BCUT2D eigenvalue weighted by Crippen LogP contribution is -2.32. The predicted octanol–water partition coefficient (Wildman–Crippen LogP) is 5.03. The van der Waals surface area contributed by atoms with Crippen LogP contribution in [0.5, 0.6) is 11.5 Å². The monoisotopic (exact) mass is 442 g/mol. The number of hydrogen-bond acceptors (Lipinski definition) is 5. The molecular formula is C27H26N2O4. The van der Waals surface area contributed by atoms with Crippen LogP contribution in [0.3, 0.4) is 0 Å². The molecule has 0 spiro atoms. The largest absolute Gasteiger partial charge is 0.497 e. The maximum absolute atomic E-state index is 13.7. The minimum Gasteiger partial charge on any atom is -0.497 e. The summed E-state index contributed by atoms with van der Waals surface area (Å²) in [6, 6.07) is 18.4. The Morgan fingerprint density at radius 1 is 0.788 bits per heavy atom. The summed E-state index contributed by atoms with van der Waals surface area (Å²) < 4.78 is 10.8. The average molecular weight is 443 g/mol. The van der Waals surface area contributed by atoms with Crippen LogP contribution in [0.4, 0.5) is 11.4 Å². The third kappa shape index (κ3) is 4.07. The van der Waals surface area contributed by atoms with Crippen LogP contribution in [0.25, 0.3) is 5.57 Å². The van der Waals surface area contributed by atoms with Crippen molar-refractivity contribution in [3.63, 3.8) is 0 Å². The Bertz CT molecular complexity index is 1290. The molecule has 0 fully saturated rings. The maximum Gasteiger partial charge on any atom is 0.282 e. The van der Waals surface area contributed by atoms with Crippen LogP contribution in [0, 0.1) is 20.8 Å². The molecule has 33 heavy (non-hydrogen) atoms. The van der Waals surface area contributed by atoms with Gasteiger partial charge in [0.2, 0.25) is 0 Å². The molecule has 0 aromatic heterocycles. The SMILES string of the molecule is COc1ccc(OC)c(NC2=C(c3ccc(C)cc3C)C(=O)N(c3cccc(C)c3)C2=O)c1. The number of nitrogens with zero attached hydrogens (tertiary/aromatic N) is 1. The van der Waals surface area contributed by atoms with Crippen LogP contribution in [0.1, 0.15) is 22.3 Å². The Morgan fingerprint density at radius 3 is 2.21 bits per heavy atom. The van der Waals surface area contributed by atoms with E-state index in [1.165, 1.54) is 4.90 Å². The zero-order valence-electron chi connectivity index (χ0n) is 19.4. The van der Waals surface area contributed by atoms with E-state index in [0.29, 0.717) is 34.0 Å². The van der Waals surface area contributed by atoms with Crippen molar-refractivity contribution in [1.29, 1.82) is 0 Å². The van der Waals surface area contributed by atoms with Crippen molar-refractivity contribution in [2.75, 3.05) is 24.4 Å². The van der Waals surface area contributed by atoms with Gasteiger partial charge < -0.3 is 14.8 Å². The van der Waals surface area contributed by atoms with E-state index in [0.717, 1.165) is 16.7 Å². The molecule has 0 saturated carbocycles. The molecule has 2 amide bonds. The summed E-state index contributed by atoms with van der Waals surface area (Å²) in [4.78, 5) is 28.6. The van der Waals surface area contributed by atoms with Crippen molar-refractivity contribution >= 4 is 28.8 Å². The molecule has 1 N–H and O–H groups in total. The van der Waals surface area contributed by atoms with E-state index in [4.69, 9.17) is 9.47 Å². The predicted molar refractivity (Wildman–Crippen MR) is 130 cm³/mol. The number of aryl methyl sites for hydroxylation is 3. The number of amides is 2. The fourth-order valence-corrected chi connectivity index (χ4v) is 4.04. The number of anilines is 2. The van der Waals surface area contributed by atoms with E-state index in [2.05, 4.69) is 5.32 Å². The summed E-state index contributed by atoms with van der Waals surface area (Å²) in [7, 11) is 3.11. The number of methoxy groups -OCH3 is 2. The number of hydrogen-bond donors (Lipinski definition) is 1. The molecule has 6 nitrogen and oxygen atoms in total. The van der Waals surface area contributed by atoms with E-state index in [9.17, 15) is 9.59 Å². The molecule has 1 heterocycles. The first kappa shape index (κ1) is 22.1. The van der Waals surface area contributed by atoms with Gasteiger partial charge in [0.1, 0.15) is 17.2 Å². The van der Waals surface area contributed by atoms with Gasteiger partial charge in [-0.2, -0.15) is 0 Å². The number of imide groups is 1. The Hall–Kier alpha value is -4.06. The van der Waals surface area contributed by atoms with E-state index in [-0.39, 0.29) is 11.6 Å². The lowest BCUT2D eigenvalue weighted by Gasteiger charge is -2.16. The molecule has 168 valence electrons. The molecule has 0 bridgehead atoms. The number of carbonyl (C=O) groups excluding carboxylic acids is 2. The summed E-state index contributed by atoms with van der Waals surface area (Å²) in [5.74, 6) is 0.323. The van der Waals surface area contributed by atoms with Crippen molar-refractivity contribution in [3.05, 3.63) is 88.6 Å². The Labute approximate surface area is 193 Å². The number of nitrogens with one attached hydrogen (secondary N) is 1. The molecule has 0 radical (unpaired) electrons. The second-order valence-corrected chi connectivity index (χ2v) is 8.04. The van der Waals surface area contributed by atoms with Gasteiger partial charge >= 0.3 is 0 Å². The first-order valence-electron chi connectivity index (χ1n) is 10.6. The Balaban J connectivity index is 1.89. The van der Waals surface area contributed by atoms with Gasteiger partial charge in [-0.05, 0) is 61.7 Å². The third-order valence-electron chi connectivity index (χ3n) is 5.66. The molecule has 3 aromatic rings. The second kappa shape index (κ2) is 8.82. The number of ether oxygens (including phenoxy) is 2. The minimum atomic E-state index is -0.426. The molecule has 0 saturated heterocycles. The Morgan fingerprint density at radius 2 is 1.55 bits per heavy atom. The lowest BCUT2D eigenvalue weighted by molar-refractivity contribution is -0.120. The van der Waals surface area contributed by atoms with Gasteiger partial charge in [0.25, 0.3) is 11.8 Å². The summed E-state index contributed by atoms with van der Waals surface area (Å²) in [6.07, 6.45) is 0. The van der Waals surface area contributed by atoms with Crippen LogP contribution < -0.4 is 19.7 Å². The molecule has 0 unspecified atom stereocenters. The highest BCUT2D eigenvalue weighted by molar-refractivity contribution is 6.46. The highest BCUT2D eigenvalue weighted by Crippen LogP contribution is 2.38.